The van der Waals surface area contributed by atoms with E-state index in [1.807, 2.05) is 48.2 Å². The number of aliphatic imine (C=N–C) groups is 1. The molecular weight excluding hydrogens is 526 g/mol. The molecule has 0 aromatic heterocycles. The SMILES string of the molecule is CN=C(NCc1ccc(N2CCOCC2)c(F)c1)NCC(C)Oc1cccc(OC)c1.I. The molecule has 0 amide bonds. The molecule has 1 saturated heterocycles. The number of nitrogens with one attached hydrogen (secondary N) is 2. The molecule has 1 aliphatic rings. The summed E-state index contributed by atoms with van der Waals surface area (Å²) in [5, 5.41) is 6.45. The molecule has 1 fully saturated rings. The molecule has 1 heterocycles. The summed E-state index contributed by atoms with van der Waals surface area (Å²) >= 11 is 0. The average Bonchev–Trinajstić information content (AvgIpc) is 2.80. The quantitative estimate of drug-likeness (QED) is 0.294. The molecule has 9 heteroatoms. The summed E-state index contributed by atoms with van der Waals surface area (Å²) in [5.74, 6) is 1.90. The van der Waals surface area contributed by atoms with Crippen LogP contribution in [0.15, 0.2) is 47.5 Å². The predicted molar refractivity (Wildman–Crippen MR) is 136 cm³/mol. The summed E-state index contributed by atoms with van der Waals surface area (Å²) in [6, 6.07) is 12.8. The van der Waals surface area contributed by atoms with E-state index in [0.717, 1.165) is 17.1 Å². The number of anilines is 1. The molecule has 0 saturated carbocycles. The first-order valence-corrected chi connectivity index (χ1v) is 10.5. The van der Waals surface area contributed by atoms with Crippen LogP contribution in [0.5, 0.6) is 11.5 Å². The number of nitrogens with zero attached hydrogens (tertiary/aromatic N) is 2. The van der Waals surface area contributed by atoms with Crippen LogP contribution >= 0.6 is 24.0 Å². The van der Waals surface area contributed by atoms with Gasteiger partial charge in [-0.1, -0.05) is 12.1 Å². The van der Waals surface area contributed by atoms with Gasteiger partial charge in [0.25, 0.3) is 0 Å². The van der Waals surface area contributed by atoms with E-state index in [1.165, 1.54) is 0 Å². The van der Waals surface area contributed by atoms with E-state index in [0.29, 0.717) is 51.0 Å². The van der Waals surface area contributed by atoms with Gasteiger partial charge in [0.05, 0.1) is 32.6 Å². The van der Waals surface area contributed by atoms with Crippen LogP contribution in [0.4, 0.5) is 10.1 Å². The van der Waals surface area contributed by atoms with Gasteiger partial charge >= 0.3 is 0 Å². The van der Waals surface area contributed by atoms with Crippen molar-refractivity contribution in [2.45, 2.75) is 19.6 Å². The summed E-state index contributed by atoms with van der Waals surface area (Å²) in [6.07, 6.45) is -0.0871. The zero-order valence-corrected chi connectivity index (χ0v) is 21.1. The van der Waals surface area contributed by atoms with E-state index < -0.39 is 0 Å². The van der Waals surface area contributed by atoms with E-state index in [9.17, 15) is 4.39 Å². The topological polar surface area (TPSA) is 67.4 Å². The number of hydrogen-bond donors (Lipinski definition) is 2. The Morgan fingerprint density at radius 3 is 2.59 bits per heavy atom. The Labute approximate surface area is 206 Å². The van der Waals surface area contributed by atoms with Gasteiger partial charge in [-0.05, 0) is 36.8 Å². The molecule has 2 aromatic carbocycles. The highest BCUT2D eigenvalue weighted by Crippen LogP contribution is 2.22. The van der Waals surface area contributed by atoms with Gasteiger partial charge in [-0.2, -0.15) is 0 Å². The Morgan fingerprint density at radius 2 is 1.91 bits per heavy atom. The third kappa shape index (κ3) is 7.70. The van der Waals surface area contributed by atoms with Crippen LogP contribution in [0.1, 0.15) is 12.5 Å². The summed E-state index contributed by atoms with van der Waals surface area (Å²) in [7, 11) is 3.33. The number of ether oxygens (including phenoxy) is 3. The lowest BCUT2D eigenvalue weighted by molar-refractivity contribution is 0.122. The molecule has 7 nitrogen and oxygen atoms in total. The van der Waals surface area contributed by atoms with E-state index >= 15 is 0 Å². The fourth-order valence-corrected chi connectivity index (χ4v) is 3.32. The number of halogens is 2. The molecule has 0 bridgehead atoms. The molecule has 1 unspecified atom stereocenters. The molecule has 2 N–H and O–H groups in total. The lowest BCUT2D eigenvalue weighted by atomic mass is 10.1. The number of methoxy groups -OCH3 is 1. The van der Waals surface area contributed by atoms with Crippen molar-refractivity contribution in [3.8, 4) is 11.5 Å². The summed E-state index contributed by atoms with van der Waals surface area (Å²) in [5.41, 5.74) is 1.47. The van der Waals surface area contributed by atoms with Crippen molar-refractivity contribution >= 4 is 35.6 Å². The zero-order chi connectivity index (χ0) is 22.1. The van der Waals surface area contributed by atoms with E-state index in [1.54, 1.807) is 20.2 Å². The molecule has 32 heavy (non-hydrogen) atoms. The van der Waals surface area contributed by atoms with Crippen LogP contribution in [0.3, 0.4) is 0 Å². The van der Waals surface area contributed by atoms with Gasteiger partial charge in [0.1, 0.15) is 23.4 Å². The summed E-state index contributed by atoms with van der Waals surface area (Å²) < 4.78 is 31.0. The van der Waals surface area contributed by atoms with Crippen molar-refractivity contribution in [3.63, 3.8) is 0 Å². The molecule has 1 atom stereocenters. The minimum Gasteiger partial charge on any atom is -0.497 e. The number of rotatable bonds is 8. The first kappa shape index (κ1) is 26.0. The Hall–Kier alpha value is -2.27. The van der Waals surface area contributed by atoms with Crippen LogP contribution < -0.4 is 25.0 Å². The minimum atomic E-state index is -0.218. The normalized spacial score (nSPS) is 14.9. The van der Waals surface area contributed by atoms with Crippen molar-refractivity contribution in [3.05, 3.63) is 53.8 Å². The highest BCUT2D eigenvalue weighted by Gasteiger charge is 2.15. The number of morpholine rings is 1. The Morgan fingerprint density at radius 1 is 1.16 bits per heavy atom. The highest BCUT2D eigenvalue weighted by molar-refractivity contribution is 14.0. The predicted octanol–water partition coefficient (Wildman–Crippen LogP) is 3.42. The number of hydrogen-bond acceptors (Lipinski definition) is 5. The zero-order valence-electron chi connectivity index (χ0n) is 18.8. The van der Waals surface area contributed by atoms with Crippen molar-refractivity contribution in [1.82, 2.24) is 10.6 Å². The molecule has 3 rings (SSSR count). The smallest absolute Gasteiger partial charge is 0.191 e. The van der Waals surface area contributed by atoms with Gasteiger partial charge in [0.15, 0.2) is 5.96 Å². The maximum atomic E-state index is 14.6. The molecule has 2 aromatic rings. The lowest BCUT2D eigenvalue weighted by Crippen LogP contribution is -2.41. The molecule has 176 valence electrons. The standard InChI is InChI=1S/C23H31FN4O3.HI/c1-17(31-20-6-4-5-19(14-20)29-3)15-26-23(25-2)27-16-18-7-8-22(21(24)13-18)28-9-11-30-12-10-28;/h4-8,13-14,17H,9-12,15-16H2,1-3H3,(H2,25,26,27);1H. The van der Waals surface area contributed by atoms with E-state index in [2.05, 4.69) is 15.6 Å². The molecule has 0 radical (unpaired) electrons. The highest BCUT2D eigenvalue weighted by atomic mass is 127. The third-order valence-corrected chi connectivity index (χ3v) is 4.98. The number of benzene rings is 2. The first-order chi connectivity index (χ1) is 15.1. The van der Waals surface area contributed by atoms with Crippen molar-refractivity contribution in [1.29, 1.82) is 0 Å². The van der Waals surface area contributed by atoms with Gasteiger partial charge < -0.3 is 29.7 Å². The van der Waals surface area contributed by atoms with Gasteiger partial charge in [0, 0.05) is 32.7 Å². The fraction of sp³-hybridized carbons (Fsp3) is 0.435. The Bertz CT molecular complexity index is 878. The third-order valence-electron chi connectivity index (χ3n) is 4.98. The van der Waals surface area contributed by atoms with E-state index in [4.69, 9.17) is 14.2 Å². The first-order valence-electron chi connectivity index (χ1n) is 10.5. The van der Waals surface area contributed by atoms with Crippen LogP contribution in [-0.4, -0.2) is 59.1 Å². The minimum absolute atomic E-state index is 0. The van der Waals surface area contributed by atoms with Crippen LogP contribution in [0.25, 0.3) is 0 Å². The second-order valence-corrected chi connectivity index (χ2v) is 7.30. The maximum Gasteiger partial charge on any atom is 0.191 e. The van der Waals surface area contributed by atoms with Crippen molar-refractivity contribution < 1.29 is 18.6 Å². The molecule has 0 spiro atoms. The van der Waals surface area contributed by atoms with Crippen molar-refractivity contribution in [2.24, 2.45) is 4.99 Å². The maximum absolute atomic E-state index is 14.6. The van der Waals surface area contributed by atoms with Crippen LogP contribution in [0, 0.1) is 5.82 Å². The molecule has 1 aliphatic heterocycles. The van der Waals surface area contributed by atoms with Crippen LogP contribution in [-0.2, 0) is 11.3 Å². The largest absolute Gasteiger partial charge is 0.497 e. The Balaban J connectivity index is 0.00000363. The lowest BCUT2D eigenvalue weighted by Gasteiger charge is -2.29. The average molecular weight is 558 g/mol. The van der Waals surface area contributed by atoms with Crippen molar-refractivity contribution in [2.75, 3.05) is 51.9 Å². The van der Waals surface area contributed by atoms with Gasteiger partial charge in [0.2, 0.25) is 0 Å². The van der Waals surface area contributed by atoms with Gasteiger partial charge in [-0.15, -0.1) is 24.0 Å². The van der Waals surface area contributed by atoms with E-state index in [-0.39, 0.29) is 35.9 Å². The number of guanidine groups is 1. The van der Waals surface area contributed by atoms with Gasteiger partial charge in [-0.3, -0.25) is 4.99 Å². The molecular formula is C23H32FIN4O3. The summed E-state index contributed by atoms with van der Waals surface area (Å²) in [6.45, 7) is 5.67. The Kier molecular flexibility index (Phi) is 10.8. The monoisotopic (exact) mass is 558 g/mol. The second-order valence-electron chi connectivity index (χ2n) is 7.30. The second kappa shape index (κ2) is 13.3. The van der Waals surface area contributed by atoms with Gasteiger partial charge in [-0.25, -0.2) is 4.39 Å². The fourth-order valence-electron chi connectivity index (χ4n) is 3.32. The summed E-state index contributed by atoms with van der Waals surface area (Å²) in [4.78, 5) is 6.24. The van der Waals surface area contributed by atoms with Crippen LogP contribution in [0.2, 0.25) is 0 Å². The molecule has 0 aliphatic carbocycles.